The molecule has 2 amide bonds. The number of aromatic nitrogens is 2. The molecule has 2 aromatic carbocycles. The number of carbonyl (C=O) groups excluding carboxylic acids is 2. The van der Waals surface area contributed by atoms with Gasteiger partial charge in [-0.05, 0) is 43.3 Å². The van der Waals surface area contributed by atoms with Gasteiger partial charge in [0.25, 0.3) is 0 Å². The Morgan fingerprint density at radius 3 is 2.70 bits per heavy atom. The second-order valence-corrected chi connectivity index (χ2v) is 6.37. The van der Waals surface area contributed by atoms with Gasteiger partial charge in [-0.2, -0.15) is 0 Å². The Labute approximate surface area is 156 Å². The fraction of sp³-hybridized carbons (Fsp3) is 0.250. The van der Waals surface area contributed by atoms with Crippen molar-refractivity contribution in [3.8, 4) is 0 Å². The summed E-state index contributed by atoms with van der Waals surface area (Å²) in [5, 5.41) is 2.75. The number of anilines is 1. The van der Waals surface area contributed by atoms with Crippen LogP contribution in [0.1, 0.15) is 16.2 Å². The number of aryl methyl sites for hydroxylation is 1. The summed E-state index contributed by atoms with van der Waals surface area (Å²) in [6.07, 6.45) is 0. The molecule has 1 N–H and O–H groups in total. The van der Waals surface area contributed by atoms with Crippen molar-refractivity contribution in [1.82, 2.24) is 14.9 Å². The highest BCUT2D eigenvalue weighted by Crippen LogP contribution is 2.18. The zero-order chi connectivity index (χ0) is 18.8. The average Bonchev–Trinajstić information content (AvgIpc) is 3.25. The molecule has 0 spiro atoms. The van der Waals surface area contributed by atoms with Crippen LogP contribution >= 0.6 is 0 Å². The maximum Gasteiger partial charge on any atom is 0.338 e. The van der Waals surface area contributed by atoms with Gasteiger partial charge in [-0.15, -0.1) is 0 Å². The van der Waals surface area contributed by atoms with Gasteiger partial charge in [-0.3, -0.25) is 4.90 Å². The number of rotatable bonds is 5. The number of nitrogens with one attached hydrogen (secondary N) is 1. The van der Waals surface area contributed by atoms with Crippen molar-refractivity contribution in [2.24, 2.45) is 0 Å². The summed E-state index contributed by atoms with van der Waals surface area (Å²) in [5.74, 6) is 0.509. The quantitative estimate of drug-likeness (QED) is 0.706. The summed E-state index contributed by atoms with van der Waals surface area (Å²) in [7, 11) is 0. The number of fused-ring (bicyclic) bond motifs is 1. The van der Waals surface area contributed by atoms with E-state index in [9.17, 15) is 9.59 Å². The molecule has 2 heterocycles. The van der Waals surface area contributed by atoms with Crippen LogP contribution in [-0.4, -0.2) is 41.2 Å². The van der Waals surface area contributed by atoms with Crippen LogP contribution < -0.4 is 10.2 Å². The Morgan fingerprint density at radius 2 is 1.96 bits per heavy atom. The second-order valence-electron chi connectivity index (χ2n) is 6.37. The highest BCUT2D eigenvalue weighted by molar-refractivity contribution is 5.95. The predicted octanol–water partition coefficient (Wildman–Crippen LogP) is 2.73. The third kappa shape index (κ3) is 3.36. The van der Waals surface area contributed by atoms with Crippen LogP contribution in [-0.2, 0) is 11.3 Å². The lowest BCUT2D eigenvalue weighted by Gasteiger charge is -2.14. The zero-order valence-electron chi connectivity index (χ0n) is 15.0. The molecule has 7 heteroatoms. The Kier molecular flexibility index (Phi) is 4.50. The van der Waals surface area contributed by atoms with E-state index >= 15 is 0 Å². The second kappa shape index (κ2) is 7.11. The first kappa shape index (κ1) is 17.1. The number of hydrogen-bond acceptors (Lipinski definition) is 4. The van der Waals surface area contributed by atoms with Crippen molar-refractivity contribution in [3.63, 3.8) is 0 Å². The molecule has 0 radical (unpaired) electrons. The molecule has 1 aliphatic rings. The molecule has 4 rings (SSSR count). The monoisotopic (exact) mass is 364 g/mol. The highest BCUT2D eigenvalue weighted by atomic mass is 16.5. The van der Waals surface area contributed by atoms with E-state index in [4.69, 9.17) is 4.74 Å². The Bertz CT molecular complexity index is 994. The van der Waals surface area contributed by atoms with Crippen LogP contribution in [0.2, 0.25) is 0 Å². The van der Waals surface area contributed by atoms with E-state index < -0.39 is 0 Å². The van der Waals surface area contributed by atoms with Crippen LogP contribution in [0.3, 0.4) is 0 Å². The van der Waals surface area contributed by atoms with Gasteiger partial charge in [0.05, 0.1) is 23.1 Å². The zero-order valence-corrected chi connectivity index (χ0v) is 15.0. The van der Waals surface area contributed by atoms with Gasteiger partial charge in [0, 0.05) is 18.8 Å². The molecule has 0 saturated carbocycles. The van der Waals surface area contributed by atoms with Gasteiger partial charge in [-0.1, -0.05) is 12.1 Å². The summed E-state index contributed by atoms with van der Waals surface area (Å²) in [6.45, 7) is 4.00. The Morgan fingerprint density at radius 1 is 1.19 bits per heavy atom. The number of urea groups is 1. The number of amides is 2. The number of esters is 1. The van der Waals surface area contributed by atoms with E-state index in [0.29, 0.717) is 25.2 Å². The van der Waals surface area contributed by atoms with Crippen molar-refractivity contribution in [2.45, 2.75) is 13.5 Å². The molecular formula is C20H20N4O3. The maximum absolute atomic E-state index is 12.3. The molecule has 0 atom stereocenters. The van der Waals surface area contributed by atoms with Gasteiger partial charge in [0.1, 0.15) is 12.4 Å². The molecule has 0 bridgehead atoms. The van der Waals surface area contributed by atoms with E-state index in [2.05, 4.69) is 10.3 Å². The standard InChI is InChI=1S/C20H20N4O3/c1-14-22-17-4-2-3-5-18(17)23(14)12-13-27-19(25)15-6-8-16(9-7-15)24-11-10-21-20(24)26/h2-9H,10-13H2,1H3,(H,21,26). The molecule has 1 fully saturated rings. The molecule has 1 saturated heterocycles. The van der Waals surface area contributed by atoms with Gasteiger partial charge >= 0.3 is 12.0 Å². The van der Waals surface area contributed by atoms with Crippen LogP contribution in [0.4, 0.5) is 10.5 Å². The van der Waals surface area contributed by atoms with Gasteiger partial charge in [0.2, 0.25) is 0 Å². The number of hydrogen-bond donors (Lipinski definition) is 1. The lowest BCUT2D eigenvalue weighted by atomic mass is 10.2. The van der Waals surface area contributed by atoms with E-state index in [1.807, 2.05) is 35.8 Å². The molecule has 1 aromatic heterocycles. The molecule has 0 aliphatic carbocycles. The minimum absolute atomic E-state index is 0.117. The number of benzene rings is 2. The number of imidazole rings is 1. The minimum atomic E-state index is -0.380. The lowest BCUT2D eigenvalue weighted by molar-refractivity contribution is 0.0492. The number of ether oxygens (including phenoxy) is 1. The largest absolute Gasteiger partial charge is 0.460 e. The van der Waals surface area contributed by atoms with Crippen molar-refractivity contribution < 1.29 is 14.3 Å². The fourth-order valence-corrected chi connectivity index (χ4v) is 3.29. The third-order valence-corrected chi connectivity index (χ3v) is 4.66. The molecule has 1 aliphatic heterocycles. The SMILES string of the molecule is Cc1nc2ccccc2n1CCOC(=O)c1ccc(N2CCNC2=O)cc1. The summed E-state index contributed by atoms with van der Waals surface area (Å²) >= 11 is 0. The van der Waals surface area contributed by atoms with Crippen molar-refractivity contribution in [2.75, 3.05) is 24.6 Å². The number of para-hydroxylation sites is 2. The smallest absolute Gasteiger partial charge is 0.338 e. The summed E-state index contributed by atoms with van der Waals surface area (Å²) in [5.41, 5.74) is 3.19. The summed E-state index contributed by atoms with van der Waals surface area (Å²) in [6, 6.07) is 14.7. The summed E-state index contributed by atoms with van der Waals surface area (Å²) < 4.78 is 7.45. The minimum Gasteiger partial charge on any atom is -0.460 e. The van der Waals surface area contributed by atoms with E-state index in [1.165, 1.54) is 0 Å². The maximum atomic E-state index is 12.3. The normalized spacial score (nSPS) is 13.8. The topological polar surface area (TPSA) is 76.5 Å². The Hall–Kier alpha value is -3.35. The molecule has 27 heavy (non-hydrogen) atoms. The highest BCUT2D eigenvalue weighted by Gasteiger charge is 2.21. The van der Waals surface area contributed by atoms with Crippen molar-refractivity contribution in [1.29, 1.82) is 0 Å². The molecule has 0 unspecified atom stereocenters. The van der Waals surface area contributed by atoms with Gasteiger partial charge in [0.15, 0.2) is 0 Å². The van der Waals surface area contributed by atoms with Crippen LogP contribution in [0.15, 0.2) is 48.5 Å². The van der Waals surface area contributed by atoms with Crippen molar-refractivity contribution >= 4 is 28.7 Å². The Balaban J connectivity index is 1.38. The first-order valence-electron chi connectivity index (χ1n) is 8.88. The van der Waals surface area contributed by atoms with E-state index in [0.717, 1.165) is 22.5 Å². The predicted molar refractivity (Wildman–Crippen MR) is 102 cm³/mol. The van der Waals surface area contributed by atoms with Crippen LogP contribution in [0.25, 0.3) is 11.0 Å². The average molecular weight is 364 g/mol. The first-order valence-corrected chi connectivity index (χ1v) is 8.88. The third-order valence-electron chi connectivity index (χ3n) is 4.66. The fourth-order valence-electron chi connectivity index (χ4n) is 3.29. The van der Waals surface area contributed by atoms with E-state index in [-0.39, 0.29) is 18.6 Å². The summed E-state index contributed by atoms with van der Waals surface area (Å²) in [4.78, 5) is 30.1. The molecular weight excluding hydrogens is 344 g/mol. The van der Waals surface area contributed by atoms with Crippen molar-refractivity contribution in [3.05, 3.63) is 59.9 Å². The molecule has 3 aromatic rings. The van der Waals surface area contributed by atoms with Crippen LogP contribution in [0, 0.1) is 6.92 Å². The number of carbonyl (C=O) groups is 2. The molecule has 138 valence electrons. The van der Waals surface area contributed by atoms with Gasteiger partial charge in [-0.25, -0.2) is 14.6 Å². The lowest BCUT2D eigenvalue weighted by Crippen LogP contribution is -2.27. The van der Waals surface area contributed by atoms with E-state index in [1.54, 1.807) is 29.2 Å². The molecule has 7 nitrogen and oxygen atoms in total. The van der Waals surface area contributed by atoms with Gasteiger partial charge < -0.3 is 14.6 Å². The number of nitrogens with zero attached hydrogens (tertiary/aromatic N) is 3. The van der Waals surface area contributed by atoms with Crippen LogP contribution in [0.5, 0.6) is 0 Å². The first-order chi connectivity index (χ1) is 13.1.